The predicted molar refractivity (Wildman–Crippen MR) is 90.1 cm³/mol. The van der Waals surface area contributed by atoms with E-state index in [1.54, 1.807) is 11.3 Å². The molecule has 5 nitrogen and oxygen atoms in total. The summed E-state index contributed by atoms with van der Waals surface area (Å²) in [5.74, 6) is 0.906. The van der Waals surface area contributed by atoms with Gasteiger partial charge in [-0.1, -0.05) is 0 Å². The summed E-state index contributed by atoms with van der Waals surface area (Å²) in [5, 5.41) is 7.91. The van der Waals surface area contributed by atoms with Crippen LogP contribution in [0, 0.1) is 13.8 Å². The lowest BCUT2D eigenvalue weighted by Crippen LogP contribution is -2.44. The number of rotatable bonds is 5. The predicted octanol–water partition coefficient (Wildman–Crippen LogP) is 1.91. The summed E-state index contributed by atoms with van der Waals surface area (Å²) >= 11 is 1.74. The van der Waals surface area contributed by atoms with Gasteiger partial charge < -0.3 is 15.5 Å². The lowest BCUT2D eigenvalue weighted by Gasteiger charge is -2.21. The van der Waals surface area contributed by atoms with E-state index in [1.165, 1.54) is 24.3 Å². The smallest absolute Gasteiger partial charge is 0.191 e. The van der Waals surface area contributed by atoms with Gasteiger partial charge in [0.1, 0.15) is 0 Å². The zero-order chi connectivity index (χ0) is 15.2. The van der Waals surface area contributed by atoms with E-state index in [4.69, 9.17) is 4.99 Å². The van der Waals surface area contributed by atoms with Gasteiger partial charge in [-0.25, -0.2) is 9.98 Å². The highest BCUT2D eigenvalue weighted by Crippen LogP contribution is 2.18. The molecule has 2 heterocycles. The van der Waals surface area contributed by atoms with Crippen LogP contribution in [0.5, 0.6) is 0 Å². The van der Waals surface area contributed by atoms with Gasteiger partial charge in [0, 0.05) is 24.0 Å². The molecule has 1 aromatic heterocycles. The third kappa shape index (κ3) is 4.68. The first-order valence-corrected chi connectivity index (χ1v) is 8.57. The Morgan fingerprint density at radius 2 is 2.24 bits per heavy atom. The topological polar surface area (TPSA) is 52.6 Å². The largest absolute Gasteiger partial charge is 0.357 e. The molecule has 2 rings (SSSR count). The molecule has 0 amide bonds. The van der Waals surface area contributed by atoms with Gasteiger partial charge in [-0.05, 0) is 47.2 Å². The molecule has 21 heavy (non-hydrogen) atoms. The minimum Gasteiger partial charge on any atom is -0.357 e. The Balaban J connectivity index is 1.91. The summed E-state index contributed by atoms with van der Waals surface area (Å²) in [6, 6.07) is 0.626. The van der Waals surface area contributed by atoms with Crippen molar-refractivity contribution >= 4 is 17.3 Å². The summed E-state index contributed by atoms with van der Waals surface area (Å²) in [7, 11) is 2.20. The highest BCUT2D eigenvalue weighted by molar-refractivity contribution is 7.11. The number of hydrogen-bond donors (Lipinski definition) is 2. The maximum absolute atomic E-state index is 4.69. The van der Waals surface area contributed by atoms with E-state index >= 15 is 0 Å². The minimum absolute atomic E-state index is 0.626. The number of aliphatic imine (C=N–C) groups is 1. The van der Waals surface area contributed by atoms with Crippen LogP contribution in [0.2, 0.25) is 0 Å². The molecule has 6 heteroatoms. The summed E-state index contributed by atoms with van der Waals surface area (Å²) < 4.78 is 0. The maximum Gasteiger partial charge on any atom is 0.191 e. The van der Waals surface area contributed by atoms with Crippen molar-refractivity contribution in [3.05, 3.63) is 15.6 Å². The Morgan fingerprint density at radius 3 is 2.81 bits per heavy atom. The fourth-order valence-corrected chi connectivity index (χ4v) is 3.53. The van der Waals surface area contributed by atoms with Crippen molar-refractivity contribution in [3.8, 4) is 0 Å². The average Bonchev–Trinajstić information content (AvgIpc) is 2.99. The number of guanidine groups is 1. The quantitative estimate of drug-likeness (QED) is 0.644. The number of nitrogens with one attached hydrogen (secondary N) is 2. The van der Waals surface area contributed by atoms with Gasteiger partial charge in [0.15, 0.2) is 5.96 Å². The number of likely N-dealkylation sites (N-methyl/N-ethyl adjacent to an activating group) is 1. The number of thiazole rings is 1. The fourth-order valence-electron chi connectivity index (χ4n) is 2.66. The van der Waals surface area contributed by atoms with E-state index in [2.05, 4.69) is 41.4 Å². The number of aryl methyl sites for hydroxylation is 2. The van der Waals surface area contributed by atoms with Crippen LogP contribution in [-0.4, -0.2) is 48.6 Å². The Kier molecular flexibility index (Phi) is 5.99. The monoisotopic (exact) mass is 309 g/mol. The molecule has 1 fully saturated rings. The second-order valence-corrected chi connectivity index (χ2v) is 6.88. The molecule has 118 valence electrons. The van der Waals surface area contributed by atoms with Gasteiger partial charge in [0.2, 0.25) is 0 Å². The van der Waals surface area contributed by atoms with Gasteiger partial charge in [0.25, 0.3) is 0 Å². The third-order valence-corrected chi connectivity index (χ3v) is 4.96. The lowest BCUT2D eigenvalue weighted by molar-refractivity contribution is 0.309. The Hall–Kier alpha value is -1.14. The maximum atomic E-state index is 4.69. The molecule has 2 N–H and O–H groups in total. The summed E-state index contributed by atoms with van der Waals surface area (Å²) in [5.41, 5.74) is 1.10. The minimum atomic E-state index is 0.626. The van der Waals surface area contributed by atoms with Gasteiger partial charge in [0.05, 0.1) is 17.2 Å². The number of aromatic nitrogens is 1. The zero-order valence-electron chi connectivity index (χ0n) is 13.6. The molecular weight excluding hydrogens is 282 g/mol. The highest BCUT2D eigenvalue weighted by atomic mass is 32.1. The van der Waals surface area contributed by atoms with Gasteiger partial charge in [-0.15, -0.1) is 11.3 Å². The molecule has 1 atom stereocenters. The molecule has 1 aliphatic rings. The van der Waals surface area contributed by atoms with E-state index in [0.29, 0.717) is 12.6 Å². The summed E-state index contributed by atoms with van der Waals surface area (Å²) in [4.78, 5) is 12.8. The van der Waals surface area contributed by atoms with Crippen LogP contribution < -0.4 is 10.6 Å². The Labute approximate surface area is 131 Å². The zero-order valence-corrected chi connectivity index (χ0v) is 14.4. The number of likely N-dealkylation sites (tertiary alicyclic amines) is 1. The molecule has 0 saturated carbocycles. The van der Waals surface area contributed by atoms with Crippen LogP contribution in [0.1, 0.15) is 35.3 Å². The standard InChI is InChI=1S/C15H27N5S/c1-5-16-15(17-9-13-7-6-8-20(13)4)18-10-14-11(2)19-12(3)21-14/h13H,5-10H2,1-4H3,(H2,16,17,18). The first kappa shape index (κ1) is 16.2. The molecule has 0 aromatic carbocycles. The molecule has 0 aliphatic carbocycles. The van der Waals surface area contributed by atoms with Crippen molar-refractivity contribution in [2.45, 2.75) is 46.2 Å². The molecule has 0 bridgehead atoms. The third-order valence-electron chi connectivity index (χ3n) is 3.90. The SMILES string of the molecule is CCNC(=NCc1sc(C)nc1C)NCC1CCCN1C. The first-order chi connectivity index (χ1) is 10.1. The van der Waals surface area contributed by atoms with E-state index in [9.17, 15) is 0 Å². The van der Waals surface area contributed by atoms with Crippen LogP contribution >= 0.6 is 11.3 Å². The van der Waals surface area contributed by atoms with Gasteiger partial charge >= 0.3 is 0 Å². The van der Waals surface area contributed by atoms with Crippen LogP contribution in [0.3, 0.4) is 0 Å². The Morgan fingerprint density at radius 1 is 1.43 bits per heavy atom. The van der Waals surface area contributed by atoms with Crippen molar-refractivity contribution in [2.75, 3.05) is 26.7 Å². The first-order valence-electron chi connectivity index (χ1n) is 7.75. The fraction of sp³-hybridized carbons (Fsp3) is 0.733. The van der Waals surface area contributed by atoms with Gasteiger partial charge in [-0.2, -0.15) is 0 Å². The summed E-state index contributed by atoms with van der Waals surface area (Å²) in [6.45, 7) is 9.95. The van der Waals surface area contributed by atoms with E-state index in [0.717, 1.165) is 29.8 Å². The molecular formula is C15H27N5S. The van der Waals surface area contributed by atoms with E-state index in [-0.39, 0.29) is 0 Å². The van der Waals surface area contributed by atoms with Gasteiger partial charge in [-0.3, -0.25) is 0 Å². The highest BCUT2D eigenvalue weighted by Gasteiger charge is 2.20. The van der Waals surface area contributed by atoms with Crippen LogP contribution in [0.25, 0.3) is 0 Å². The Bertz CT molecular complexity index is 482. The van der Waals surface area contributed by atoms with Crippen molar-refractivity contribution in [3.63, 3.8) is 0 Å². The van der Waals surface area contributed by atoms with Crippen molar-refractivity contribution in [1.29, 1.82) is 0 Å². The molecule has 0 radical (unpaired) electrons. The van der Waals surface area contributed by atoms with Crippen molar-refractivity contribution < 1.29 is 0 Å². The normalized spacial score (nSPS) is 20.0. The van der Waals surface area contributed by atoms with Crippen LogP contribution in [0.15, 0.2) is 4.99 Å². The van der Waals surface area contributed by atoms with E-state index in [1.807, 2.05) is 6.92 Å². The number of nitrogens with zero attached hydrogens (tertiary/aromatic N) is 3. The second kappa shape index (κ2) is 7.75. The molecule has 0 spiro atoms. The molecule has 1 aliphatic heterocycles. The number of hydrogen-bond acceptors (Lipinski definition) is 4. The van der Waals surface area contributed by atoms with Crippen LogP contribution in [0.4, 0.5) is 0 Å². The molecule has 1 saturated heterocycles. The lowest BCUT2D eigenvalue weighted by atomic mass is 10.2. The van der Waals surface area contributed by atoms with Crippen molar-refractivity contribution in [1.82, 2.24) is 20.5 Å². The molecule has 1 unspecified atom stereocenters. The molecule has 1 aromatic rings. The second-order valence-electron chi connectivity index (χ2n) is 5.59. The summed E-state index contributed by atoms with van der Waals surface area (Å²) in [6.07, 6.45) is 2.58. The van der Waals surface area contributed by atoms with Crippen LogP contribution in [-0.2, 0) is 6.54 Å². The average molecular weight is 309 g/mol. The van der Waals surface area contributed by atoms with E-state index < -0.39 is 0 Å². The van der Waals surface area contributed by atoms with Crippen molar-refractivity contribution in [2.24, 2.45) is 4.99 Å².